The number of esters is 1. The predicted molar refractivity (Wildman–Crippen MR) is 105 cm³/mol. The lowest BCUT2D eigenvalue weighted by atomic mass is 10.1. The van der Waals surface area contributed by atoms with E-state index in [9.17, 15) is 14.0 Å². The van der Waals surface area contributed by atoms with Crippen LogP contribution in [0.3, 0.4) is 0 Å². The molecule has 0 aliphatic heterocycles. The number of carbonyl (C=O) groups is 1. The Bertz CT molecular complexity index is 1210. The number of carbonyl (C=O) groups excluding carboxylic acids is 1. The zero-order valence-corrected chi connectivity index (χ0v) is 16.2. The number of hydrogen-bond acceptors (Lipinski definition) is 7. The minimum Gasteiger partial charge on any atom is -0.468 e. The molecule has 0 amide bonds. The summed E-state index contributed by atoms with van der Waals surface area (Å²) in [5, 5.41) is 2.71. The minimum atomic E-state index is -0.483. The third-order valence-electron chi connectivity index (χ3n) is 4.07. The summed E-state index contributed by atoms with van der Waals surface area (Å²) in [5.41, 5.74) is 1.52. The number of furan rings is 1. The minimum absolute atomic E-state index is 0.277. The second kappa shape index (κ2) is 7.61. The maximum atomic E-state index is 13.2. The lowest BCUT2D eigenvalue weighted by Crippen LogP contribution is -2.09. The van der Waals surface area contributed by atoms with Crippen molar-refractivity contribution in [3.63, 3.8) is 0 Å². The van der Waals surface area contributed by atoms with Crippen molar-refractivity contribution in [2.24, 2.45) is 0 Å². The molecule has 0 aliphatic carbocycles. The summed E-state index contributed by atoms with van der Waals surface area (Å²) in [4.78, 5) is 32.2. The average molecular weight is 416 g/mol. The Kier molecular flexibility index (Phi) is 5.01. The number of halogens is 1. The van der Waals surface area contributed by atoms with Gasteiger partial charge in [-0.05, 0) is 23.8 Å². The monoisotopic (exact) mass is 416 g/mol. The molecule has 1 aromatic carbocycles. The van der Waals surface area contributed by atoms with Crippen molar-refractivity contribution in [3.8, 4) is 11.1 Å². The van der Waals surface area contributed by atoms with Gasteiger partial charge in [0.15, 0.2) is 5.16 Å². The number of benzene rings is 1. The Hall–Kier alpha value is -2.91. The molecular weight excluding hydrogens is 403 g/mol. The standard InChI is InChI=1S/C19H13FN2O4S2/c1-25-18(24)12-6-7-26-14(12)9-28-19-21-16(23)15-13(8-27-17(15)22-19)10-2-4-11(20)5-3-10/h2-8H,9H2,1H3,(H,21,22,23). The van der Waals surface area contributed by atoms with E-state index in [1.54, 1.807) is 12.1 Å². The van der Waals surface area contributed by atoms with E-state index >= 15 is 0 Å². The molecule has 0 saturated carbocycles. The third kappa shape index (κ3) is 3.46. The summed E-state index contributed by atoms with van der Waals surface area (Å²) in [6, 6.07) is 7.50. The molecule has 0 saturated heterocycles. The molecule has 9 heteroatoms. The van der Waals surface area contributed by atoms with E-state index in [1.165, 1.54) is 54.7 Å². The average Bonchev–Trinajstić information content (AvgIpc) is 3.33. The molecule has 4 aromatic rings. The van der Waals surface area contributed by atoms with Crippen LogP contribution in [0.1, 0.15) is 16.1 Å². The molecule has 0 fully saturated rings. The lowest BCUT2D eigenvalue weighted by Gasteiger charge is -2.03. The Morgan fingerprint density at radius 3 is 2.86 bits per heavy atom. The van der Waals surface area contributed by atoms with E-state index in [1.807, 2.05) is 5.38 Å². The molecule has 1 N–H and O–H groups in total. The van der Waals surface area contributed by atoms with Crippen LogP contribution in [0.4, 0.5) is 4.39 Å². The maximum Gasteiger partial charge on any atom is 0.341 e. The summed E-state index contributed by atoms with van der Waals surface area (Å²) >= 11 is 2.59. The fraction of sp³-hybridized carbons (Fsp3) is 0.105. The molecule has 4 rings (SSSR count). The van der Waals surface area contributed by atoms with Gasteiger partial charge in [0, 0.05) is 10.9 Å². The van der Waals surface area contributed by atoms with Crippen LogP contribution >= 0.6 is 23.1 Å². The van der Waals surface area contributed by atoms with Crippen LogP contribution in [0.5, 0.6) is 0 Å². The number of nitrogens with zero attached hydrogens (tertiary/aromatic N) is 1. The van der Waals surface area contributed by atoms with Crippen LogP contribution < -0.4 is 5.56 Å². The van der Waals surface area contributed by atoms with Gasteiger partial charge in [-0.15, -0.1) is 11.3 Å². The van der Waals surface area contributed by atoms with Gasteiger partial charge in [-0.25, -0.2) is 14.2 Å². The molecular formula is C19H13FN2O4S2. The highest BCUT2D eigenvalue weighted by Gasteiger charge is 2.17. The number of H-pyrrole nitrogens is 1. The highest BCUT2D eigenvalue weighted by Crippen LogP contribution is 2.32. The Labute approximate surface area is 166 Å². The van der Waals surface area contributed by atoms with Crippen molar-refractivity contribution in [2.75, 3.05) is 7.11 Å². The van der Waals surface area contributed by atoms with E-state index in [0.29, 0.717) is 38.0 Å². The number of aromatic nitrogens is 2. The second-order valence-electron chi connectivity index (χ2n) is 5.75. The van der Waals surface area contributed by atoms with Crippen LogP contribution in [-0.4, -0.2) is 23.0 Å². The summed E-state index contributed by atoms with van der Waals surface area (Å²) in [5.74, 6) is -0.0679. The van der Waals surface area contributed by atoms with Gasteiger partial charge in [0.25, 0.3) is 5.56 Å². The molecule has 142 valence electrons. The summed E-state index contributed by atoms with van der Waals surface area (Å²) in [7, 11) is 1.30. The molecule has 0 bridgehead atoms. The van der Waals surface area contributed by atoms with Crippen LogP contribution in [0, 0.1) is 5.82 Å². The molecule has 0 aliphatic rings. The van der Waals surface area contributed by atoms with E-state index in [2.05, 4.69) is 9.97 Å². The molecule has 6 nitrogen and oxygen atoms in total. The first-order valence-electron chi connectivity index (χ1n) is 8.11. The van der Waals surface area contributed by atoms with E-state index in [4.69, 9.17) is 9.15 Å². The lowest BCUT2D eigenvalue weighted by molar-refractivity contribution is 0.0598. The number of ether oxygens (including phenoxy) is 1. The number of hydrogen-bond donors (Lipinski definition) is 1. The van der Waals surface area contributed by atoms with Crippen molar-refractivity contribution in [1.29, 1.82) is 0 Å². The van der Waals surface area contributed by atoms with Crippen LogP contribution in [0.25, 0.3) is 21.3 Å². The van der Waals surface area contributed by atoms with Crippen LogP contribution in [-0.2, 0) is 10.5 Å². The SMILES string of the molecule is COC(=O)c1ccoc1CSc1nc2scc(-c3ccc(F)cc3)c2c(=O)[nH]1. The van der Waals surface area contributed by atoms with Gasteiger partial charge in [0.1, 0.15) is 22.0 Å². The van der Waals surface area contributed by atoms with Crippen molar-refractivity contribution in [1.82, 2.24) is 9.97 Å². The van der Waals surface area contributed by atoms with E-state index < -0.39 is 5.97 Å². The number of aromatic amines is 1. The van der Waals surface area contributed by atoms with Crippen molar-refractivity contribution in [2.45, 2.75) is 10.9 Å². The Morgan fingerprint density at radius 1 is 1.32 bits per heavy atom. The largest absolute Gasteiger partial charge is 0.468 e. The third-order valence-corrected chi connectivity index (χ3v) is 5.81. The summed E-state index contributed by atoms with van der Waals surface area (Å²) in [6.45, 7) is 0. The van der Waals surface area contributed by atoms with E-state index in [0.717, 1.165) is 5.56 Å². The van der Waals surface area contributed by atoms with Crippen LogP contribution in [0.15, 0.2) is 56.3 Å². The number of thiophene rings is 1. The summed E-state index contributed by atoms with van der Waals surface area (Å²) in [6.07, 6.45) is 1.41. The molecule has 28 heavy (non-hydrogen) atoms. The molecule has 3 heterocycles. The van der Waals surface area contributed by atoms with Gasteiger partial charge < -0.3 is 14.1 Å². The van der Waals surface area contributed by atoms with Gasteiger partial charge in [-0.1, -0.05) is 23.9 Å². The van der Waals surface area contributed by atoms with Gasteiger partial charge in [0.2, 0.25) is 0 Å². The highest BCUT2D eigenvalue weighted by molar-refractivity contribution is 7.98. The maximum absolute atomic E-state index is 13.2. The normalized spacial score (nSPS) is 11.1. The predicted octanol–water partition coefficient (Wildman–Crippen LogP) is 4.46. The zero-order chi connectivity index (χ0) is 19.7. The number of nitrogens with one attached hydrogen (secondary N) is 1. The van der Waals surface area contributed by atoms with E-state index in [-0.39, 0.29) is 11.4 Å². The molecule has 0 radical (unpaired) electrons. The fourth-order valence-electron chi connectivity index (χ4n) is 2.72. The smallest absolute Gasteiger partial charge is 0.341 e. The van der Waals surface area contributed by atoms with Gasteiger partial charge in [-0.3, -0.25) is 4.79 Å². The zero-order valence-electron chi connectivity index (χ0n) is 14.5. The molecule has 0 spiro atoms. The topological polar surface area (TPSA) is 85.2 Å². The van der Waals surface area contributed by atoms with Gasteiger partial charge in [-0.2, -0.15) is 0 Å². The van der Waals surface area contributed by atoms with Crippen molar-refractivity contribution >= 4 is 39.3 Å². The quantitative estimate of drug-likeness (QED) is 0.294. The fourth-order valence-corrected chi connectivity index (χ4v) is 4.54. The van der Waals surface area contributed by atoms with Gasteiger partial charge >= 0.3 is 5.97 Å². The number of fused-ring (bicyclic) bond motifs is 1. The Morgan fingerprint density at radius 2 is 2.11 bits per heavy atom. The Balaban J connectivity index is 1.62. The van der Waals surface area contributed by atoms with Crippen LogP contribution in [0.2, 0.25) is 0 Å². The molecule has 3 aromatic heterocycles. The van der Waals surface area contributed by atoms with Crippen molar-refractivity contribution in [3.05, 3.63) is 69.5 Å². The summed E-state index contributed by atoms with van der Waals surface area (Å²) < 4.78 is 23.2. The number of rotatable bonds is 5. The van der Waals surface area contributed by atoms with Crippen molar-refractivity contribution < 1.29 is 18.3 Å². The first-order valence-corrected chi connectivity index (χ1v) is 9.98. The molecule has 0 atom stereocenters. The second-order valence-corrected chi connectivity index (χ2v) is 7.57. The highest BCUT2D eigenvalue weighted by atomic mass is 32.2. The molecule has 0 unspecified atom stereocenters. The first kappa shape index (κ1) is 18.5. The van der Waals surface area contributed by atoms with Gasteiger partial charge in [0.05, 0.1) is 24.5 Å². The first-order chi connectivity index (χ1) is 13.6. The number of methoxy groups -OCH3 is 1. The number of thioether (sulfide) groups is 1.